The van der Waals surface area contributed by atoms with E-state index in [4.69, 9.17) is 16.1 Å². The highest BCUT2D eigenvalue weighted by Crippen LogP contribution is 2.37. The van der Waals surface area contributed by atoms with E-state index in [0.29, 0.717) is 10.6 Å². The Labute approximate surface area is 137 Å². The van der Waals surface area contributed by atoms with E-state index < -0.39 is 0 Å². The molecule has 23 heavy (non-hydrogen) atoms. The Morgan fingerprint density at radius 1 is 0.957 bits per heavy atom. The van der Waals surface area contributed by atoms with Gasteiger partial charge < -0.3 is 4.52 Å². The van der Waals surface area contributed by atoms with Crippen molar-refractivity contribution in [1.82, 2.24) is 15.1 Å². The second kappa shape index (κ2) is 5.48. The number of rotatable bonds is 2. The zero-order valence-corrected chi connectivity index (χ0v) is 13.1. The molecule has 0 radical (unpaired) electrons. The first-order chi connectivity index (χ1) is 11.3. The minimum Gasteiger partial charge on any atom is -0.355 e. The number of halogens is 1. The first kappa shape index (κ1) is 13.9. The third kappa shape index (κ3) is 2.28. The summed E-state index contributed by atoms with van der Waals surface area (Å²) < 4.78 is 5.63. The van der Waals surface area contributed by atoms with Gasteiger partial charge in [-0.15, -0.1) is 0 Å². The van der Waals surface area contributed by atoms with Crippen LogP contribution in [0.4, 0.5) is 0 Å². The molecule has 4 aromatic rings. The summed E-state index contributed by atoms with van der Waals surface area (Å²) in [6.07, 6.45) is 3.32. The number of hydrogen-bond donors (Lipinski definition) is 0. The number of benzene rings is 2. The molecule has 0 aliphatic rings. The van der Waals surface area contributed by atoms with Crippen LogP contribution in [0.15, 0.2) is 59.5 Å². The number of aromatic nitrogens is 3. The molecule has 0 atom stereocenters. The quantitative estimate of drug-likeness (QED) is 0.526. The lowest BCUT2D eigenvalue weighted by Gasteiger charge is -2.04. The maximum absolute atomic E-state index is 6.30. The van der Waals surface area contributed by atoms with E-state index in [1.807, 2.05) is 49.4 Å². The smallest absolute Gasteiger partial charge is 0.175 e. The van der Waals surface area contributed by atoms with Crippen LogP contribution in [-0.4, -0.2) is 15.1 Å². The summed E-state index contributed by atoms with van der Waals surface area (Å²) in [6.45, 7) is 1.95. The molecule has 112 valence electrons. The first-order valence-corrected chi connectivity index (χ1v) is 7.54. The molecule has 0 N–H and O–H groups in total. The van der Waals surface area contributed by atoms with Crippen molar-refractivity contribution < 1.29 is 4.52 Å². The van der Waals surface area contributed by atoms with Crippen molar-refractivity contribution in [3.05, 3.63) is 65.7 Å². The van der Waals surface area contributed by atoms with Gasteiger partial charge in [0.25, 0.3) is 0 Å². The monoisotopic (exact) mass is 321 g/mol. The van der Waals surface area contributed by atoms with Gasteiger partial charge in [-0.25, -0.2) is 9.97 Å². The Hall–Kier alpha value is -2.72. The molecule has 2 heterocycles. The van der Waals surface area contributed by atoms with E-state index in [1.165, 1.54) is 6.33 Å². The van der Waals surface area contributed by atoms with E-state index in [0.717, 1.165) is 33.5 Å². The molecule has 2 aromatic carbocycles. The van der Waals surface area contributed by atoms with Crippen LogP contribution in [0, 0.1) is 6.92 Å². The second-order valence-electron chi connectivity index (χ2n) is 5.22. The van der Waals surface area contributed by atoms with Crippen LogP contribution in [0.25, 0.3) is 33.4 Å². The van der Waals surface area contributed by atoms with Crippen molar-refractivity contribution in [3.8, 4) is 22.4 Å². The summed E-state index contributed by atoms with van der Waals surface area (Å²) in [6, 6.07) is 13.5. The van der Waals surface area contributed by atoms with Crippen molar-refractivity contribution in [2.75, 3.05) is 0 Å². The van der Waals surface area contributed by atoms with E-state index in [1.54, 1.807) is 6.20 Å². The van der Waals surface area contributed by atoms with Gasteiger partial charge in [0.05, 0.1) is 10.4 Å². The molecule has 0 fully saturated rings. The number of aryl methyl sites for hydroxylation is 1. The molecule has 4 nitrogen and oxygen atoms in total. The molecule has 0 aliphatic carbocycles. The van der Waals surface area contributed by atoms with Gasteiger partial charge in [0.1, 0.15) is 12.0 Å². The Bertz CT molecular complexity index is 1010. The summed E-state index contributed by atoms with van der Waals surface area (Å²) >= 11 is 6.30. The van der Waals surface area contributed by atoms with Gasteiger partial charge in [0, 0.05) is 28.6 Å². The van der Waals surface area contributed by atoms with Gasteiger partial charge in [-0.2, -0.15) is 0 Å². The van der Waals surface area contributed by atoms with Crippen LogP contribution in [0.3, 0.4) is 0 Å². The molecule has 4 rings (SSSR count). The molecule has 0 aliphatic heterocycles. The number of fused-ring (bicyclic) bond motifs is 1. The zero-order chi connectivity index (χ0) is 15.8. The summed E-state index contributed by atoms with van der Waals surface area (Å²) in [4.78, 5) is 8.36. The fourth-order valence-corrected chi connectivity index (χ4v) is 2.90. The van der Waals surface area contributed by atoms with Crippen LogP contribution in [-0.2, 0) is 0 Å². The molecule has 5 heteroatoms. The van der Waals surface area contributed by atoms with E-state index in [2.05, 4.69) is 15.1 Å². The number of para-hydroxylation sites is 1. The minimum atomic E-state index is 0.646. The fourth-order valence-electron chi connectivity index (χ4n) is 2.68. The maximum atomic E-state index is 6.30. The summed E-state index contributed by atoms with van der Waals surface area (Å²) in [5.41, 5.74) is 5.04. The van der Waals surface area contributed by atoms with Gasteiger partial charge in [0.15, 0.2) is 5.58 Å². The average molecular weight is 322 g/mol. The normalized spacial score (nSPS) is 11.0. The highest BCUT2D eigenvalue weighted by atomic mass is 35.5. The standard InChI is InChI=1S/C18H12ClN3O/c1-11-15(9-20-10-21-11)12-6-4-7-14-17(22-23-18(12)14)13-5-2-3-8-16(13)19/h2-10H,1H3. The predicted octanol–water partition coefficient (Wildman–Crippen LogP) is 4.91. The highest BCUT2D eigenvalue weighted by molar-refractivity contribution is 6.33. The molecule has 0 amide bonds. The topological polar surface area (TPSA) is 51.8 Å². The molecule has 0 unspecified atom stereocenters. The Morgan fingerprint density at radius 2 is 1.78 bits per heavy atom. The van der Waals surface area contributed by atoms with Crippen molar-refractivity contribution in [2.24, 2.45) is 0 Å². The van der Waals surface area contributed by atoms with Crippen LogP contribution in [0.5, 0.6) is 0 Å². The molecule has 0 spiro atoms. The van der Waals surface area contributed by atoms with Gasteiger partial charge in [-0.1, -0.05) is 47.1 Å². The third-order valence-electron chi connectivity index (χ3n) is 3.83. The summed E-state index contributed by atoms with van der Waals surface area (Å²) in [7, 11) is 0. The predicted molar refractivity (Wildman–Crippen MR) is 90.2 cm³/mol. The lowest BCUT2D eigenvalue weighted by atomic mass is 10.0. The van der Waals surface area contributed by atoms with Gasteiger partial charge in [-0.3, -0.25) is 0 Å². The molecule has 0 saturated carbocycles. The molecular formula is C18H12ClN3O. The van der Waals surface area contributed by atoms with Crippen molar-refractivity contribution >= 4 is 22.6 Å². The number of nitrogens with zero attached hydrogens (tertiary/aromatic N) is 3. The largest absolute Gasteiger partial charge is 0.355 e. The third-order valence-corrected chi connectivity index (χ3v) is 4.16. The minimum absolute atomic E-state index is 0.646. The fraction of sp³-hybridized carbons (Fsp3) is 0.0556. The Kier molecular flexibility index (Phi) is 3.32. The average Bonchev–Trinajstić information content (AvgIpc) is 3.00. The lowest BCUT2D eigenvalue weighted by molar-refractivity contribution is 0.460. The van der Waals surface area contributed by atoms with Crippen molar-refractivity contribution in [1.29, 1.82) is 0 Å². The van der Waals surface area contributed by atoms with E-state index in [-0.39, 0.29) is 0 Å². The van der Waals surface area contributed by atoms with Gasteiger partial charge >= 0.3 is 0 Å². The van der Waals surface area contributed by atoms with E-state index in [9.17, 15) is 0 Å². The molecule has 2 aromatic heterocycles. The van der Waals surface area contributed by atoms with Crippen LogP contribution < -0.4 is 0 Å². The van der Waals surface area contributed by atoms with Crippen molar-refractivity contribution in [3.63, 3.8) is 0 Å². The second-order valence-corrected chi connectivity index (χ2v) is 5.62. The van der Waals surface area contributed by atoms with Crippen LogP contribution in [0.2, 0.25) is 5.02 Å². The SMILES string of the molecule is Cc1ncncc1-c1cccc2c(-c3ccccc3Cl)noc12. The first-order valence-electron chi connectivity index (χ1n) is 7.16. The van der Waals surface area contributed by atoms with Gasteiger partial charge in [0.2, 0.25) is 0 Å². The Balaban J connectivity index is 1.98. The Morgan fingerprint density at radius 3 is 2.61 bits per heavy atom. The summed E-state index contributed by atoms with van der Waals surface area (Å²) in [5.74, 6) is 0. The molecule has 0 saturated heterocycles. The van der Waals surface area contributed by atoms with Crippen LogP contribution in [0.1, 0.15) is 5.69 Å². The maximum Gasteiger partial charge on any atom is 0.175 e. The summed E-state index contributed by atoms with van der Waals surface area (Å²) in [5, 5.41) is 5.80. The highest BCUT2D eigenvalue weighted by Gasteiger charge is 2.17. The van der Waals surface area contributed by atoms with Crippen LogP contribution >= 0.6 is 11.6 Å². The lowest BCUT2D eigenvalue weighted by Crippen LogP contribution is -1.89. The van der Waals surface area contributed by atoms with E-state index >= 15 is 0 Å². The zero-order valence-electron chi connectivity index (χ0n) is 12.3. The number of hydrogen-bond acceptors (Lipinski definition) is 4. The van der Waals surface area contributed by atoms with Crippen molar-refractivity contribution in [2.45, 2.75) is 6.92 Å². The molecular weight excluding hydrogens is 310 g/mol. The van der Waals surface area contributed by atoms with Gasteiger partial charge in [-0.05, 0) is 19.1 Å². The molecule has 0 bridgehead atoms.